The monoisotopic (exact) mass is 416 g/mol. The number of hydrogen-bond donors (Lipinski definition) is 0. The molecule has 0 amide bonds. The number of rotatable bonds is 6. The van der Waals surface area contributed by atoms with Crippen LogP contribution < -0.4 is 4.90 Å². The van der Waals surface area contributed by atoms with E-state index in [0.29, 0.717) is 37.8 Å². The maximum Gasteiger partial charge on any atom is 0.303 e. The van der Waals surface area contributed by atoms with Gasteiger partial charge >= 0.3 is 5.97 Å². The van der Waals surface area contributed by atoms with Gasteiger partial charge in [0, 0.05) is 44.7 Å². The molecular formula is C20H24N4O4S. The fourth-order valence-corrected chi connectivity index (χ4v) is 4.20. The third-order valence-corrected chi connectivity index (χ3v) is 6.09. The molecule has 1 saturated heterocycles. The molecule has 1 aliphatic heterocycles. The SMILES string of the molecule is CC(=O)O[C@H](C)c1nccc(N2CCN(S(=O)(=O)/C=C/c3ccccc3)CC2)n1. The zero-order valence-corrected chi connectivity index (χ0v) is 17.2. The minimum atomic E-state index is -3.49. The summed E-state index contributed by atoms with van der Waals surface area (Å²) in [5, 5.41) is 1.25. The van der Waals surface area contributed by atoms with Crippen LogP contribution in [0.15, 0.2) is 48.0 Å². The van der Waals surface area contributed by atoms with Gasteiger partial charge in [0.2, 0.25) is 10.0 Å². The van der Waals surface area contributed by atoms with Crippen LogP contribution in [0.25, 0.3) is 6.08 Å². The molecule has 9 heteroatoms. The average molecular weight is 417 g/mol. The lowest BCUT2D eigenvalue weighted by molar-refractivity contribution is -0.146. The minimum Gasteiger partial charge on any atom is -0.455 e. The standard InChI is InChI=1S/C20H24N4O4S/c1-16(28-17(2)25)20-21-10-8-19(22-20)23-11-13-24(14-12-23)29(26,27)15-9-18-6-4-3-5-7-18/h3-10,15-16H,11-14H2,1-2H3/b15-9+/t16-/m1/s1. The normalized spacial score (nSPS) is 16.7. The van der Waals surface area contributed by atoms with E-state index in [0.717, 1.165) is 5.56 Å². The van der Waals surface area contributed by atoms with Crippen molar-refractivity contribution in [3.8, 4) is 0 Å². The number of piperazine rings is 1. The van der Waals surface area contributed by atoms with E-state index in [1.165, 1.54) is 16.6 Å². The van der Waals surface area contributed by atoms with Crippen molar-refractivity contribution in [1.29, 1.82) is 0 Å². The highest BCUT2D eigenvalue weighted by Gasteiger charge is 2.26. The molecule has 2 aromatic rings. The van der Waals surface area contributed by atoms with E-state index in [2.05, 4.69) is 9.97 Å². The first-order chi connectivity index (χ1) is 13.8. The minimum absolute atomic E-state index is 0.361. The van der Waals surface area contributed by atoms with Gasteiger partial charge in [-0.15, -0.1) is 0 Å². The van der Waals surface area contributed by atoms with Crippen molar-refractivity contribution in [3.05, 3.63) is 59.4 Å². The molecule has 8 nitrogen and oxygen atoms in total. The topological polar surface area (TPSA) is 92.7 Å². The van der Waals surface area contributed by atoms with Crippen molar-refractivity contribution in [2.45, 2.75) is 20.0 Å². The molecule has 29 heavy (non-hydrogen) atoms. The summed E-state index contributed by atoms with van der Waals surface area (Å²) in [4.78, 5) is 21.8. The number of esters is 1. The average Bonchev–Trinajstić information content (AvgIpc) is 2.73. The van der Waals surface area contributed by atoms with E-state index in [-0.39, 0.29) is 0 Å². The molecule has 154 valence electrons. The molecule has 0 aliphatic carbocycles. The number of sulfonamides is 1. The number of anilines is 1. The molecule has 1 fully saturated rings. The molecule has 0 radical (unpaired) electrons. The number of carbonyl (C=O) groups excluding carboxylic acids is 1. The first-order valence-electron chi connectivity index (χ1n) is 9.33. The lowest BCUT2D eigenvalue weighted by Gasteiger charge is -2.34. The lowest BCUT2D eigenvalue weighted by atomic mass is 10.2. The molecule has 3 rings (SSSR count). The van der Waals surface area contributed by atoms with Gasteiger partial charge in [-0.3, -0.25) is 4.79 Å². The van der Waals surface area contributed by atoms with E-state index in [1.807, 2.05) is 35.2 Å². The zero-order valence-electron chi connectivity index (χ0n) is 16.4. The summed E-state index contributed by atoms with van der Waals surface area (Å²) in [6.07, 6.45) is 2.68. The Morgan fingerprint density at radius 2 is 1.83 bits per heavy atom. The fourth-order valence-electron chi connectivity index (χ4n) is 3.02. The molecule has 0 spiro atoms. The molecule has 0 N–H and O–H groups in total. The number of carbonyl (C=O) groups is 1. The second-order valence-corrected chi connectivity index (χ2v) is 8.49. The van der Waals surface area contributed by atoms with Crippen molar-refractivity contribution in [2.75, 3.05) is 31.1 Å². The maximum absolute atomic E-state index is 12.6. The molecule has 0 unspecified atom stereocenters. The van der Waals surface area contributed by atoms with E-state index >= 15 is 0 Å². The zero-order chi connectivity index (χ0) is 20.9. The Kier molecular flexibility index (Phi) is 6.60. The van der Waals surface area contributed by atoms with Gasteiger partial charge in [-0.25, -0.2) is 18.4 Å². The van der Waals surface area contributed by atoms with Gasteiger partial charge in [0.15, 0.2) is 11.9 Å². The number of nitrogens with zero attached hydrogens (tertiary/aromatic N) is 4. The first-order valence-corrected chi connectivity index (χ1v) is 10.8. The van der Waals surface area contributed by atoms with Crippen LogP contribution in [0.5, 0.6) is 0 Å². The van der Waals surface area contributed by atoms with Crippen LogP contribution in [0.1, 0.15) is 31.3 Å². The summed E-state index contributed by atoms with van der Waals surface area (Å²) in [6.45, 7) is 4.80. The molecule has 1 aliphatic rings. The third kappa shape index (κ3) is 5.61. The van der Waals surface area contributed by atoms with Gasteiger partial charge in [0.1, 0.15) is 5.82 Å². The van der Waals surface area contributed by atoms with Crippen molar-refractivity contribution in [2.24, 2.45) is 0 Å². The molecule has 0 saturated carbocycles. The molecule has 1 aromatic carbocycles. The predicted octanol–water partition coefficient (Wildman–Crippen LogP) is 2.22. The van der Waals surface area contributed by atoms with Crippen LogP contribution >= 0.6 is 0 Å². The molecular weight excluding hydrogens is 392 g/mol. The second-order valence-electron chi connectivity index (χ2n) is 6.67. The van der Waals surface area contributed by atoms with Gasteiger partial charge in [-0.1, -0.05) is 30.3 Å². The Balaban J connectivity index is 1.63. The molecule has 2 heterocycles. The fraction of sp³-hybridized carbons (Fsp3) is 0.350. The maximum atomic E-state index is 12.6. The van der Waals surface area contributed by atoms with Gasteiger partial charge in [-0.05, 0) is 24.6 Å². The van der Waals surface area contributed by atoms with Crippen molar-refractivity contribution in [1.82, 2.24) is 14.3 Å². The molecule has 0 bridgehead atoms. The largest absolute Gasteiger partial charge is 0.455 e. The van der Waals surface area contributed by atoms with E-state index in [9.17, 15) is 13.2 Å². The van der Waals surface area contributed by atoms with E-state index in [1.54, 1.807) is 25.3 Å². The molecule has 1 aromatic heterocycles. The summed E-state index contributed by atoms with van der Waals surface area (Å²) in [5.41, 5.74) is 0.838. The lowest BCUT2D eigenvalue weighted by Crippen LogP contribution is -2.48. The van der Waals surface area contributed by atoms with Gasteiger partial charge < -0.3 is 9.64 Å². The van der Waals surface area contributed by atoms with E-state index in [4.69, 9.17) is 4.74 Å². The third-order valence-electron chi connectivity index (χ3n) is 4.52. The van der Waals surface area contributed by atoms with Gasteiger partial charge in [0.05, 0.1) is 0 Å². The number of ether oxygens (including phenoxy) is 1. The van der Waals surface area contributed by atoms with Crippen LogP contribution in [0, 0.1) is 0 Å². The predicted molar refractivity (Wildman–Crippen MR) is 110 cm³/mol. The Bertz CT molecular complexity index is 971. The highest BCUT2D eigenvalue weighted by Crippen LogP contribution is 2.19. The van der Waals surface area contributed by atoms with Crippen molar-refractivity contribution in [3.63, 3.8) is 0 Å². The van der Waals surface area contributed by atoms with Crippen LogP contribution in [0.4, 0.5) is 5.82 Å². The second kappa shape index (κ2) is 9.15. The van der Waals surface area contributed by atoms with Crippen LogP contribution in [-0.2, 0) is 19.6 Å². The highest BCUT2D eigenvalue weighted by atomic mass is 32.2. The van der Waals surface area contributed by atoms with E-state index < -0.39 is 22.1 Å². The Hall–Kier alpha value is -2.78. The molecule has 1 atom stereocenters. The smallest absolute Gasteiger partial charge is 0.303 e. The number of hydrogen-bond acceptors (Lipinski definition) is 7. The van der Waals surface area contributed by atoms with Gasteiger partial charge in [-0.2, -0.15) is 4.31 Å². The summed E-state index contributed by atoms with van der Waals surface area (Å²) in [5.74, 6) is 0.707. The van der Waals surface area contributed by atoms with Crippen LogP contribution in [0.3, 0.4) is 0 Å². The van der Waals surface area contributed by atoms with Crippen LogP contribution in [-0.4, -0.2) is 54.8 Å². The Labute approximate surface area is 170 Å². The summed E-state index contributed by atoms with van der Waals surface area (Å²) in [6, 6.07) is 11.1. The number of benzene rings is 1. The Morgan fingerprint density at radius 3 is 2.48 bits per heavy atom. The van der Waals surface area contributed by atoms with Crippen molar-refractivity contribution >= 4 is 27.9 Å². The summed E-state index contributed by atoms with van der Waals surface area (Å²) >= 11 is 0. The summed E-state index contributed by atoms with van der Waals surface area (Å²) in [7, 11) is -3.49. The quantitative estimate of drug-likeness (QED) is 0.667. The Morgan fingerprint density at radius 1 is 1.14 bits per heavy atom. The summed E-state index contributed by atoms with van der Waals surface area (Å²) < 4.78 is 31.8. The van der Waals surface area contributed by atoms with Crippen molar-refractivity contribution < 1.29 is 17.9 Å². The van der Waals surface area contributed by atoms with Gasteiger partial charge in [0.25, 0.3) is 0 Å². The highest BCUT2D eigenvalue weighted by molar-refractivity contribution is 7.92. The number of aromatic nitrogens is 2. The van der Waals surface area contributed by atoms with Crippen LogP contribution in [0.2, 0.25) is 0 Å². The first kappa shape index (κ1) is 20.9.